The second-order valence-corrected chi connectivity index (χ2v) is 8.30. The topological polar surface area (TPSA) is 9.23 Å². The Morgan fingerprint density at radius 1 is 0.920 bits per heavy atom. The Balaban J connectivity index is 1.51. The Morgan fingerprint density at radius 2 is 1.48 bits per heavy atom. The first-order valence-electron chi connectivity index (χ1n) is 10.1. The molecular formula is C22H32F2O. The predicted molar refractivity (Wildman–Crippen MR) is 97.8 cm³/mol. The minimum atomic E-state index is -0.588. The van der Waals surface area contributed by atoms with E-state index in [1.807, 2.05) is 0 Å². The van der Waals surface area contributed by atoms with Crippen molar-refractivity contribution in [2.45, 2.75) is 71.1 Å². The van der Waals surface area contributed by atoms with Gasteiger partial charge in [-0.1, -0.05) is 32.6 Å². The fraction of sp³-hybridized carbons (Fsp3) is 0.727. The van der Waals surface area contributed by atoms with Crippen molar-refractivity contribution < 1.29 is 13.5 Å². The molecule has 0 N–H and O–H groups in total. The summed E-state index contributed by atoms with van der Waals surface area (Å²) in [6.07, 6.45) is 12.8. The van der Waals surface area contributed by atoms with Crippen molar-refractivity contribution in [3.05, 3.63) is 29.3 Å². The summed E-state index contributed by atoms with van der Waals surface area (Å²) >= 11 is 0. The highest BCUT2D eigenvalue weighted by Crippen LogP contribution is 2.46. The second-order valence-electron chi connectivity index (χ2n) is 8.30. The zero-order chi connectivity index (χ0) is 17.8. The third-order valence-electron chi connectivity index (χ3n) is 6.63. The number of methoxy groups -OCH3 is 1. The van der Waals surface area contributed by atoms with Crippen LogP contribution in [0.15, 0.2) is 12.1 Å². The van der Waals surface area contributed by atoms with Gasteiger partial charge in [-0.15, -0.1) is 0 Å². The van der Waals surface area contributed by atoms with Gasteiger partial charge in [0.2, 0.25) is 0 Å². The van der Waals surface area contributed by atoms with Crippen LogP contribution in [-0.2, 0) is 6.42 Å². The molecule has 1 aromatic rings. The first-order valence-corrected chi connectivity index (χ1v) is 10.1. The molecular weight excluding hydrogens is 318 g/mol. The number of fused-ring (bicyclic) bond motifs is 1. The lowest BCUT2D eigenvalue weighted by atomic mass is 9.63. The largest absolute Gasteiger partial charge is 0.491 e. The zero-order valence-corrected chi connectivity index (χ0v) is 15.7. The van der Waals surface area contributed by atoms with Gasteiger partial charge in [0.1, 0.15) is 0 Å². The van der Waals surface area contributed by atoms with E-state index in [4.69, 9.17) is 4.74 Å². The molecule has 4 unspecified atom stereocenters. The molecule has 140 valence electrons. The second kappa shape index (κ2) is 8.51. The van der Waals surface area contributed by atoms with Gasteiger partial charge in [-0.2, -0.15) is 0 Å². The van der Waals surface area contributed by atoms with E-state index < -0.39 is 11.6 Å². The molecule has 2 saturated carbocycles. The van der Waals surface area contributed by atoms with Gasteiger partial charge in [-0.3, -0.25) is 0 Å². The van der Waals surface area contributed by atoms with Gasteiger partial charge in [-0.05, 0) is 79.9 Å². The zero-order valence-electron chi connectivity index (χ0n) is 15.7. The Morgan fingerprint density at radius 3 is 2.00 bits per heavy atom. The van der Waals surface area contributed by atoms with E-state index in [2.05, 4.69) is 6.92 Å². The van der Waals surface area contributed by atoms with E-state index in [0.29, 0.717) is 0 Å². The number of benzene rings is 1. The van der Waals surface area contributed by atoms with Crippen LogP contribution < -0.4 is 4.74 Å². The molecule has 0 saturated heterocycles. The molecule has 3 rings (SSSR count). The Bertz CT molecular complexity index is 548. The summed E-state index contributed by atoms with van der Waals surface area (Å²) in [5.74, 6) is 2.08. The smallest absolute Gasteiger partial charge is 0.190 e. The molecule has 1 nitrogen and oxygen atoms in total. The van der Waals surface area contributed by atoms with Crippen LogP contribution in [0.1, 0.15) is 70.3 Å². The number of rotatable bonds is 6. The monoisotopic (exact) mass is 350 g/mol. The maximum absolute atomic E-state index is 13.8. The Hall–Kier alpha value is -1.12. The highest BCUT2D eigenvalue weighted by molar-refractivity contribution is 5.31. The van der Waals surface area contributed by atoms with Crippen molar-refractivity contribution in [2.75, 3.05) is 7.11 Å². The van der Waals surface area contributed by atoms with Gasteiger partial charge in [0.25, 0.3) is 0 Å². The SMILES string of the molecule is CCCC1CCC2CC(CCc3cc(F)c(OC)c(F)c3)CCC2C1. The summed E-state index contributed by atoms with van der Waals surface area (Å²) < 4.78 is 32.4. The summed E-state index contributed by atoms with van der Waals surface area (Å²) in [6.45, 7) is 2.30. The van der Waals surface area contributed by atoms with Crippen LogP contribution in [0.5, 0.6) is 5.75 Å². The summed E-state index contributed by atoms with van der Waals surface area (Å²) in [5.41, 5.74) is 0.754. The molecule has 1 aromatic carbocycles. The van der Waals surface area contributed by atoms with Crippen LogP contribution >= 0.6 is 0 Å². The van der Waals surface area contributed by atoms with E-state index in [-0.39, 0.29) is 5.75 Å². The van der Waals surface area contributed by atoms with E-state index in [1.54, 1.807) is 0 Å². The van der Waals surface area contributed by atoms with Gasteiger partial charge in [0, 0.05) is 0 Å². The van der Waals surface area contributed by atoms with Gasteiger partial charge < -0.3 is 4.74 Å². The molecule has 0 radical (unpaired) electrons. The number of hydrogen-bond acceptors (Lipinski definition) is 1. The van der Waals surface area contributed by atoms with Crippen molar-refractivity contribution in [2.24, 2.45) is 23.7 Å². The van der Waals surface area contributed by atoms with E-state index in [0.717, 1.165) is 42.1 Å². The van der Waals surface area contributed by atoms with E-state index >= 15 is 0 Å². The molecule has 0 spiro atoms. The van der Waals surface area contributed by atoms with E-state index in [1.165, 1.54) is 70.6 Å². The summed E-state index contributed by atoms with van der Waals surface area (Å²) in [6, 6.07) is 2.87. The fourth-order valence-electron chi connectivity index (χ4n) is 5.34. The van der Waals surface area contributed by atoms with Crippen molar-refractivity contribution in [1.82, 2.24) is 0 Å². The molecule has 4 atom stereocenters. The Kier molecular flexibility index (Phi) is 6.35. The average molecular weight is 350 g/mol. The molecule has 0 aliphatic heterocycles. The normalized spacial score (nSPS) is 29.3. The van der Waals surface area contributed by atoms with Crippen molar-refractivity contribution in [1.29, 1.82) is 0 Å². The molecule has 3 heteroatoms. The average Bonchev–Trinajstić information content (AvgIpc) is 2.60. The first kappa shape index (κ1) is 18.7. The molecule has 2 aliphatic carbocycles. The number of hydrogen-bond donors (Lipinski definition) is 0. The summed E-state index contributed by atoms with van der Waals surface area (Å²) in [4.78, 5) is 0. The fourth-order valence-corrected chi connectivity index (χ4v) is 5.34. The molecule has 0 aromatic heterocycles. The maximum atomic E-state index is 13.8. The number of aryl methyl sites for hydroxylation is 1. The highest BCUT2D eigenvalue weighted by atomic mass is 19.1. The summed E-state index contributed by atoms with van der Waals surface area (Å²) in [5, 5.41) is 0. The Labute approximate surface area is 151 Å². The minimum absolute atomic E-state index is 0.270. The van der Waals surface area contributed by atoms with E-state index in [9.17, 15) is 8.78 Å². The molecule has 2 aliphatic rings. The quantitative estimate of drug-likeness (QED) is 0.566. The number of ether oxygens (including phenoxy) is 1. The molecule has 0 amide bonds. The molecule has 0 heterocycles. The van der Waals surface area contributed by atoms with Crippen molar-refractivity contribution >= 4 is 0 Å². The van der Waals surface area contributed by atoms with Crippen molar-refractivity contribution in [3.8, 4) is 5.75 Å². The summed E-state index contributed by atoms with van der Waals surface area (Å²) in [7, 11) is 1.30. The number of halogens is 2. The van der Waals surface area contributed by atoms with Gasteiger partial charge in [0.05, 0.1) is 7.11 Å². The molecule has 25 heavy (non-hydrogen) atoms. The first-order chi connectivity index (χ1) is 12.1. The maximum Gasteiger partial charge on any atom is 0.190 e. The molecule has 0 bridgehead atoms. The van der Waals surface area contributed by atoms with Crippen molar-refractivity contribution in [3.63, 3.8) is 0 Å². The predicted octanol–water partition coefficient (Wildman–Crippen LogP) is 6.54. The van der Waals surface area contributed by atoms with Crippen LogP contribution in [0.2, 0.25) is 0 Å². The third-order valence-corrected chi connectivity index (χ3v) is 6.63. The van der Waals surface area contributed by atoms with Crippen LogP contribution in [0.3, 0.4) is 0 Å². The van der Waals surface area contributed by atoms with Crippen LogP contribution in [0.25, 0.3) is 0 Å². The minimum Gasteiger partial charge on any atom is -0.491 e. The van der Waals surface area contributed by atoms with Gasteiger partial charge in [0.15, 0.2) is 17.4 Å². The lowest BCUT2D eigenvalue weighted by molar-refractivity contribution is 0.0921. The van der Waals surface area contributed by atoms with Gasteiger partial charge in [-0.25, -0.2) is 8.78 Å². The van der Waals surface area contributed by atoms with Gasteiger partial charge >= 0.3 is 0 Å². The van der Waals surface area contributed by atoms with Crippen LogP contribution in [0, 0.1) is 35.3 Å². The van der Waals surface area contributed by atoms with Crippen LogP contribution in [0.4, 0.5) is 8.78 Å². The molecule has 2 fully saturated rings. The standard InChI is InChI=1S/C22H32F2O/c1-3-4-15-7-9-19-12-16(8-10-18(19)11-15)5-6-17-13-20(23)22(25-2)21(24)14-17/h13-16,18-19H,3-12H2,1-2H3. The lowest BCUT2D eigenvalue weighted by Gasteiger charge is -2.42. The lowest BCUT2D eigenvalue weighted by Crippen LogP contribution is -2.31. The van der Waals surface area contributed by atoms with Crippen LogP contribution in [-0.4, -0.2) is 7.11 Å². The highest BCUT2D eigenvalue weighted by Gasteiger charge is 2.35. The third kappa shape index (κ3) is 4.54.